The molecule has 0 aliphatic carbocycles. The van der Waals surface area contributed by atoms with Crippen LogP contribution in [0.4, 0.5) is 5.69 Å². The fourth-order valence-corrected chi connectivity index (χ4v) is 2.44. The molecule has 3 rings (SSSR count). The lowest BCUT2D eigenvalue weighted by Gasteiger charge is -2.00. The van der Waals surface area contributed by atoms with Crippen LogP contribution in [0.2, 0.25) is 0 Å². The molecular weight excluding hydrogens is 302 g/mol. The van der Waals surface area contributed by atoms with Gasteiger partial charge in [-0.2, -0.15) is 0 Å². The second-order valence-electron chi connectivity index (χ2n) is 4.61. The number of hydrogen-bond donors (Lipinski definition) is 1. The van der Waals surface area contributed by atoms with Crippen molar-refractivity contribution in [1.82, 2.24) is 0 Å². The molecule has 1 aliphatic rings. The first-order chi connectivity index (χ1) is 9.13. The molecule has 0 fully saturated rings. The van der Waals surface area contributed by atoms with Crippen molar-refractivity contribution < 1.29 is 4.79 Å². The van der Waals surface area contributed by atoms with E-state index in [2.05, 4.69) is 21.2 Å². The normalized spacial score (nSPS) is 15.5. The van der Waals surface area contributed by atoms with Crippen molar-refractivity contribution in [3.05, 3.63) is 63.6 Å². The summed E-state index contributed by atoms with van der Waals surface area (Å²) >= 11 is 3.41. The molecule has 1 amide bonds. The molecule has 19 heavy (non-hydrogen) atoms. The summed E-state index contributed by atoms with van der Waals surface area (Å²) in [5.74, 6) is -0.0384. The van der Waals surface area contributed by atoms with Gasteiger partial charge in [-0.05, 0) is 42.8 Å². The number of amides is 1. The molecule has 1 N–H and O–H groups in total. The Bertz CT molecular complexity index is 686. The average Bonchev–Trinajstić information content (AvgIpc) is 2.69. The topological polar surface area (TPSA) is 29.1 Å². The van der Waals surface area contributed by atoms with Crippen molar-refractivity contribution in [2.45, 2.75) is 6.92 Å². The number of benzene rings is 2. The summed E-state index contributed by atoms with van der Waals surface area (Å²) in [6.45, 7) is 2.03. The Morgan fingerprint density at radius 3 is 2.58 bits per heavy atom. The number of rotatable bonds is 1. The van der Waals surface area contributed by atoms with E-state index in [0.717, 1.165) is 32.4 Å². The lowest BCUT2D eigenvalue weighted by Crippen LogP contribution is -2.03. The molecular formula is C16H12BrNO. The second kappa shape index (κ2) is 4.67. The van der Waals surface area contributed by atoms with E-state index >= 15 is 0 Å². The Morgan fingerprint density at radius 2 is 1.84 bits per heavy atom. The van der Waals surface area contributed by atoms with E-state index in [1.165, 1.54) is 0 Å². The molecule has 0 saturated carbocycles. The van der Waals surface area contributed by atoms with E-state index in [1.54, 1.807) is 0 Å². The second-order valence-corrected chi connectivity index (χ2v) is 5.53. The van der Waals surface area contributed by atoms with Gasteiger partial charge in [0.2, 0.25) is 0 Å². The Balaban J connectivity index is 2.08. The van der Waals surface area contributed by atoms with Gasteiger partial charge in [-0.1, -0.05) is 39.7 Å². The maximum atomic E-state index is 12.0. The molecule has 94 valence electrons. The first kappa shape index (κ1) is 12.2. The molecule has 2 aromatic rings. The van der Waals surface area contributed by atoms with Crippen molar-refractivity contribution in [3.63, 3.8) is 0 Å². The molecule has 1 aliphatic heterocycles. The molecule has 0 saturated heterocycles. The van der Waals surface area contributed by atoms with Gasteiger partial charge < -0.3 is 5.32 Å². The van der Waals surface area contributed by atoms with Gasteiger partial charge in [0, 0.05) is 21.3 Å². The summed E-state index contributed by atoms with van der Waals surface area (Å²) in [5, 5.41) is 2.89. The average molecular weight is 314 g/mol. The number of carbonyl (C=O) groups is 1. The Labute approximate surface area is 120 Å². The van der Waals surface area contributed by atoms with Crippen LogP contribution in [-0.4, -0.2) is 5.91 Å². The molecule has 0 aromatic heterocycles. The van der Waals surface area contributed by atoms with Crippen molar-refractivity contribution in [2.24, 2.45) is 0 Å². The highest BCUT2D eigenvalue weighted by atomic mass is 79.9. The third-order valence-corrected chi connectivity index (χ3v) is 3.67. The summed E-state index contributed by atoms with van der Waals surface area (Å²) in [6.07, 6.45) is 1.92. The van der Waals surface area contributed by atoms with Gasteiger partial charge >= 0.3 is 0 Å². The molecule has 0 atom stereocenters. The Morgan fingerprint density at radius 1 is 1.11 bits per heavy atom. The van der Waals surface area contributed by atoms with Crippen molar-refractivity contribution in [3.8, 4) is 0 Å². The van der Waals surface area contributed by atoms with Crippen LogP contribution in [0.25, 0.3) is 11.6 Å². The molecule has 0 unspecified atom stereocenters. The van der Waals surface area contributed by atoms with Gasteiger partial charge in [0.25, 0.3) is 5.91 Å². The number of fused-ring (bicyclic) bond motifs is 1. The molecule has 3 heteroatoms. The van der Waals surface area contributed by atoms with E-state index in [-0.39, 0.29) is 5.91 Å². The number of nitrogens with one attached hydrogen (secondary N) is 1. The minimum atomic E-state index is -0.0384. The van der Waals surface area contributed by atoms with Crippen LogP contribution in [0.15, 0.2) is 46.9 Å². The highest BCUT2D eigenvalue weighted by Crippen LogP contribution is 2.33. The third kappa shape index (κ3) is 2.34. The molecule has 0 spiro atoms. The Kier molecular flexibility index (Phi) is 2.99. The Hall–Kier alpha value is -1.87. The van der Waals surface area contributed by atoms with Crippen LogP contribution >= 0.6 is 15.9 Å². The monoisotopic (exact) mass is 313 g/mol. The maximum Gasteiger partial charge on any atom is 0.256 e. The number of anilines is 1. The van der Waals surface area contributed by atoms with E-state index < -0.39 is 0 Å². The van der Waals surface area contributed by atoms with Crippen molar-refractivity contribution in [1.29, 1.82) is 0 Å². The summed E-state index contributed by atoms with van der Waals surface area (Å²) in [7, 11) is 0. The molecule has 1 heterocycles. The van der Waals surface area contributed by atoms with Gasteiger partial charge in [-0.25, -0.2) is 0 Å². The summed E-state index contributed by atoms with van der Waals surface area (Å²) in [5.41, 5.74) is 4.76. The standard InChI is InChI=1S/C16H12BrNO/c1-10-2-7-15-13(8-10)14(16(19)18-15)9-11-3-5-12(17)6-4-11/h2-9H,1H3,(H,18,19). The van der Waals surface area contributed by atoms with E-state index in [4.69, 9.17) is 0 Å². The fraction of sp³-hybridized carbons (Fsp3) is 0.0625. The quantitative estimate of drug-likeness (QED) is 0.783. The van der Waals surface area contributed by atoms with Gasteiger partial charge in [0.1, 0.15) is 0 Å². The summed E-state index contributed by atoms with van der Waals surface area (Å²) in [4.78, 5) is 12.0. The SMILES string of the molecule is Cc1ccc2c(c1)C(=Cc1ccc(Br)cc1)C(=O)N2. The van der Waals surface area contributed by atoms with E-state index in [9.17, 15) is 4.79 Å². The van der Waals surface area contributed by atoms with E-state index in [1.807, 2.05) is 55.5 Å². The smallest absolute Gasteiger partial charge is 0.256 e. The van der Waals surface area contributed by atoms with Gasteiger partial charge in [0.15, 0.2) is 0 Å². The number of halogens is 1. The highest BCUT2D eigenvalue weighted by Gasteiger charge is 2.23. The maximum absolute atomic E-state index is 12.0. The molecule has 0 bridgehead atoms. The molecule has 2 nitrogen and oxygen atoms in total. The lowest BCUT2D eigenvalue weighted by atomic mass is 10.0. The first-order valence-electron chi connectivity index (χ1n) is 6.03. The zero-order valence-electron chi connectivity index (χ0n) is 10.4. The van der Waals surface area contributed by atoms with Gasteiger partial charge in [0.05, 0.1) is 0 Å². The van der Waals surface area contributed by atoms with Gasteiger partial charge in [-0.3, -0.25) is 4.79 Å². The van der Waals surface area contributed by atoms with Crippen molar-refractivity contribution in [2.75, 3.05) is 5.32 Å². The van der Waals surface area contributed by atoms with Crippen LogP contribution in [0.1, 0.15) is 16.7 Å². The zero-order valence-corrected chi connectivity index (χ0v) is 12.0. The van der Waals surface area contributed by atoms with Gasteiger partial charge in [-0.15, -0.1) is 0 Å². The van der Waals surface area contributed by atoms with Crippen LogP contribution in [0.3, 0.4) is 0 Å². The summed E-state index contributed by atoms with van der Waals surface area (Å²) in [6, 6.07) is 13.9. The minimum Gasteiger partial charge on any atom is -0.321 e. The predicted octanol–water partition coefficient (Wildman–Crippen LogP) is 4.25. The number of hydrogen-bond acceptors (Lipinski definition) is 1. The largest absolute Gasteiger partial charge is 0.321 e. The molecule has 0 radical (unpaired) electrons. The van der Waals surface area contributed by atoms with Crippen LogP contribution in [0, 0.1) is 6.92 Å². The number of aryl methyl sites for hydroxylation is 1. The lowest BCUT2D eigenvalue weighted by molar-refractivity contribution is -0.110. The predicted molar refractivity (Wildman–Crippen MR) is 81.8 cm³/mol. The molecule has 2 aromatic carbocycles. The van der Waals surface area contributed by atoms with Crippen LogP contribution in [-0.2, 0) is 4.79 Å². The van der Waals surface area contributed by atoms with E-state index in [0.29, 0.717) is 0 Å². The zero-order chi connectivity index (χ0) is 13.4. The van der Waals surface area contributed by atoms with Crippen LogP contribution < -0.4 is 5.32 Å². The number of carbonyl (C=O) groups excluding carboxylic acids is 1. The minimum absolute atomic E-state index is 0.0384. The summed E-state index contributed by atoms with van der Waals surface area (Å²) < 4.78 is 1.03. The van der Waals surface area contributed by atoms with Crippen LogP contribution in [0.5, 0.6) is 0 Å². The highest BCUT2D eigenvalue weighted by molar-refractivity contribution is 9.10. The third-order valence-electron chi connectivity index (χ3n) is 3.14. The first-order valence-corrected chi connectivity index (χ1v) is 6.82. The fourth-order valence-electron chi connectivity index (χ4n) is 2.17. The van der Waals surface area contributed by atoms with Crippen molar-refractivity contribution >= 4 is 39.2 Å².